The summed E-state index contributed by atoms with van der Waals surface area (Å²) in [6, 6.07) is 15.6. The molecular formula is C22H24ClN5O3S. The number of hydrogen-bond acceptors (Lipinski definition) is 7. The first-order valence-corrected chi connectivity index (χ1v) is 12.2. The summed E-state index contributed by atoms with van der Waals surface area (Å²) >= 11 is 5.86. The highest BCUT2D eigenvalue weighted by Gasteiger charge is 2.15. The maximum atomic E-state index is 12.5. The third-order valence-electron chi connectivity index (χ3n) is 4.84. The number of aromatic nitrogens is 2. The number of morpholine rings is 1. The monoisotopic (exact) mass is 473 g/mol. The van der Waals surface area contributed by atoms with Crippen LogP contribution in [0.25, 0.3) is 0 Å². The molecule has 0 unspecified atom stereocenters. The molecule has 2 aromatic carbocycles. The van der Waals surface area contributed by atoms with E-state index in [0.29, 0.717) is 41.3 Å². The SMILES string of the molecule is Cc1cc(Nc2ccc(NS(=O)(=O)Cc3ccc(Cl)cc3)cc2)nc(N2CCOCC2)n1. The van der Waals surface area contributed by atoms with Crippen LogP contribution in [-0.4, -0.2) is 44.7 Å². The molecule has 0 aliphatic carbocycles. The summed E-state index contributed by atoms with van der Waals surface area (Å²) in [5, 5.41) is 3.83. The van der Waals surface area contributed by atoms with Crippen LogP contribution in [0.5, 0.6) is 0 Å². The van der Waals surface area contributed by atoms with E-state index in [0.717, 1.165) is 24.5 Å². The van der Waals surface area contributed by atoms with Gasteiger partial charge in [-0.2, -0.15) is 4.98 Å². The second kappa shape index (κ2) is 9.72. The molecule has 0 bridgehead atoms. The first-order chi connectivity index (χ1) is 15.4. The van der Waals surface area contributed by atoms with Gasteiger partial charge in [-0.25, -0.2) is 13.4 Å². The maximum absolute atomic E-state index is 12.5. The number of benzene rings is 2. The zero-order valence-electron chi connectivity index (χ0n) is 17.6. The normalized spacial score (nSPS) is 14.2. The Morgan fingerprint density at radius 1 is 1.00 bits per heavy atom. The van der Waals surface area contributed by atoms with Gasteiger partial charge in [-0.1, -0.05) is 23.7 Å². The summed E-state index contributed by atoms with van der Waals surface area (Å²) in [5.41, 5.74) is 2.79. The number of hydrogen-bond donors (Lipinski definition) is 2. The minimum Gasteiger partial charge on any atom is -0.378 e. The predicted octanol–water partition coefficient (Wildman–Crippen LogP) is 3.96. The summed E-state index contributed by atoms with van der Waals surface area (Å²) in [5.74, 6) is 1.21. The van der Waals surface area contributed by atoms with Crippen molar-refractivity contribution in [2.24, 2.45) is 0 Å². The highest BCUT2D eigenvalue weighted by molar-refractivity contribution is 7.91. The lowest BCUT2D eigenvalue weighted by molar-refractivity contribution is 0.122. The topological polar surface area (TPSA) is 96.5 Å². The average Bonchev–Trinajstić information content (AvgIpc) is 2.77. The molecule has 10 heteroatoms. The van der Waals surface area contributed by atoms with E-state index in [-0.39, 0.29) is 5.75 Å². The largest absolute Gasteiger partial charge is 0.378 e. The van der Waals surface area contributed by atoms with E-state index in [1.54, 1.807) is 48.5 Å². The van der Waals surface area contributed by atoms with Gasteiger partial charge in [-0.3, -0.25) is 4.72 Å². The van der Waals surface area contributed by atoms with Crippen molar-refractivity contribution in [3.63, 3.8) is 0 Å². The Kier molecular flexibility index (Phi) is 6.78. The molecule has 32 heavy (non-hydrogen) atoms. The predicted molar refractivity (Wildman–Crippen MR) is 127 cm³/mol. The fourth-order valence-corrected chi connectivity index (χ4v) is 4.63. The Hall–Kier alpha value is -2.88. The van der Waals surface area contributed by atoms with Gasteiger partial charge in [-0.05, 0) is 48.9 Å². The molecule has 0 saturated carbocycles. The van der Waals surface area contributed by atoms with Crippen LogP contribution in [0, 0.1) is 6.92 Å². The molecule has 4 rings (SSSR count). The lowest BCUT2D eigenvalue weighted by Crippen LogP contribution is -2.37. The number of aryl methyl sites for hydroxylation is 1. The van der Waals surface area contributed by atoms with Crippen LogP contribution in [0.2, 0.25) is 5.02 Å². The molecule has 2 N–H and O–H groups in total. The Morgan fingerprint density at radius 2 is 1.66 bits per heavy atom. The molecule has 2 heterocycles. The molecule has 1 fully saturated rings. The fourth-order valence-electron chi connectivity index (χ4n) is 3.31. The molecule has 0 atom stereocenters. The van der Waals surface area contributed by atoms with Gasteiger partial charge < -0.3 is 15.0 Å². The number of rotatable bonds is 7. The highest BCUT2D eigenvalue weighted by Crippen LogP contribution is 2.22. The van der Waals surface area contributed by atoms with Crippen molar-refractivity contribution in [3.8, 4) is 0 Å². The van der Waals surface area contributed by atoms with Gasteiger partial charge in [0.2, 0.25) is 16.0 Å². The lowest BCUT2D eigenvalue weighted by Gasteiger charge is -2.27. The van der Waals surface area contributed by atoms with Crippen LogP contribution in [0.4, 0.5) is 23.1 Å². The van der Waals surface area contributed by atoms with Gasteiger partial charge in [0.05, 0.1) is 19.0 Å². The van der Waals surface area contributed by atoms with E-state index >= 15 is 0 Å². The lowest BCUT2D eigenvalue weighted by atomic mass is 10.2. The second-order valence-electron chi connectivity index (χ2n) is 7.48. The molecule has 1 saturated heterocycles. The van der Waals surface area contributed by atoms with E-state index in [9.17, 15) is 8.42 Å². The molecule has 0 spiro atoms. The van der Waals surface area contributed by atoms with E-state index in [2.05, 4.69) is 24.9 Å². The first-order valence-electron chi connectivity index (χ1n) is 10.2. The summed E-state index contributed by atoms with van der Waals surface area (Å²) in [6.07, 6.45) is 0. The standard InChI is InChI=1S/C22H24ClN5O3S/c1-16-14-21(26-22(24-16)28-10-12-31-13-11-28)25-19-6-8-20(9-7-19)27-32(29,30)15-17-2-4-18(23)5-3-17/h2-9,14,27H,10-13,15H2,1H3,(H,24,25,26). The molecule has 0 amide bonds. The van der Waals surface area contributed by atoms with E-state index in [1.165, 1.54) is 0 Å². The molecular weight excluding hydrogens is 450 g/mol. The fraction of sp³-hybridized carbons (Fsp3) is 0.273. The zero-order valence-corrected chi connectivity index (χ0v) is 19.2. The highest BCUT2D eigenvalue weighted by atomic mass is 35.5. The van der Waals surface area contributed by atoms with Crippen molar-refractivity contribution < 1.29 is 13.2 Å². The number of nitrogens with one attached hydrogen (secondary N) is 2. The van der Waals surface area contributed by atoms with Gasteiger partial charge in [0.15, 0.2) is 0 Å². The van der Waals surface area contributed by atoms with Crippen molar-refractivity contribution in [3.05, 3.63) is 70.9 Å². The minimum absolute atomic E-state index is 0.130. The molecule has 1 aromatic heterocycles. The van der Waals surface area contributed by atoms with E-state index < -0.39 is 10.0 Å². The van der Waals surface area contributed by atoms with Gasteiger partial charge in [0.1, 0.15) is 5.82 Å². The number of nitrogens with zero attached hydrogens (tertiary/aromatic N) is 3. The number of sulfonamides is 1. The van der Waals surface area contributed by atoms with E-state index in [4.69, 9.17) is 16.3 Å². The smallest absolute Gasteiger partial charge is 0.236 e. The molecule has 8 nitrogen and oxygen atoms in total. The second-order valence-corrected chi connectivity index (χ2v) is 9.64. The van der Waals surface area contributed by atoms with E-state index in [1.807, 2.05) is 13.0 Å². The van der Waals surface area contributed by atoms with Crippen LogP contribution in [0.3, 0.4) is 0 Å². The summed E-state index contributed by atoms with van der Waals surface area (Å²) in [7, 11) is -3.55. The molecule has 0 radical (unpaired) electrons. The Bertz CT molecular complexity index is 1170. The van der Waals surface area contributed by atoms with Crippen LogP contribution in [0.15, 0.2) is 54.6 Å². The summed E-state index contributed by atoms with van der Waals surface area (Å²) in [4.78, 5) is 11.2. The third-order valence-corrected chi connectivity index (χ3v) is 6.35. The molecule has 1 aliphatic rings. The Morgan fingerprint density at radius 3 is 2.34 bits per heavy atom. The Balaban J connectivity index is 1.41. The average molecular weight is 474 g/mol. The van der Waals surface area contributed by atoms with Crippen molar-refractivity contribution >= 4 is 44.8 Å². The van der Waals surface area contributed by atoms with Gasteiger partial charge in [0.25, 0.3) is 0 Å². The minimum atomic E-state index is -3.55. The molecule has 1 aliphatic heterocycles. The first kappa shape index (κ1) is 22.3. The van der Waals surface area contributed by atoms with Gasteiger partial charge >= 0.3 is 0 Å². The van der Waals surface area contributed by atoms with Crippen LogP contribution in [-0.2, 0) is 20.5 Å². The third kappa shape index (κ3) is 6.09. The van der Waals surface area contributed by atoms with Crippen molar-refractivity contribution in [1.29, 1.82) is 0 Å². The van der Waals surface area contributed by atoms with Crippen molar-refractivity contribution in [1.82, 2.24) is 9.97 Å². The maximum Gasteiger partial charge on any atom is 0.236 e. The quantitative estimate of drug-likeness (QED) is 0.536. The number of ether oxygens (including phenoxy) is 1. The van der Waals surface area contributed by atoms with Crippen LogP contribution in [0.1, 0.15) is 11.3 Å². The van der Waals surface area contributed by atoms with Crippen molar-refractivity contribution in [2.75, 3.05) is 41.2 Å². The summed E-state index contributed by atoms with van der Waals surface area (Å²) in [6.45, 7) is 4.77. The van der Waals surface area contributed by atoms with Gasteiger partial charge in [-0.15, -0.1) is 0 Å². The molecule has 168 valence electrons. The van der Waals surface area contributed by atoms with Gasteiger partial charge in [0, 0.05) is 41.2 Å². The Labute approximate surface area is 192 Å². The summed E-state index contributed by atoms with van der Waals surface area (Å²) < 4.78 is 32.9. The number of halogens is 1. The number of anilines is 4. The zero-order chi connectivity index (χ0) is 22.6. The van der Waals surface area contributed by atoms with Crippen LogP contribution >= 0.6 is 11.6 Å². The van der Waals surface area contributed by atoms with Crippen LogP contribution < -0.4 is 14.9 Å². The van der Waals surface area contributed by atoms with Crippen molar-refractivity contribution in [2.45, 2.75) is 12.7 Å². The molecule has 3 aromatic rings.